The second-order valence-corrected chi connectivity index (χ2v) is 4.40. The molecule has 15 heavy (non-hydrogen) atoms. The molecule has 0 bridgehead atoms. The third-order valence-electron chi connectivity index (χ3n) is 2.70. The van der Waals surface area contributed by atoms with Gasteiger partial charge in [0.05, 0.1) is 0 Å². The van der Waals surface area contributed by atoms with Crippen LogP contribution < -0.4 is 5.32 Å². The second kappa shape index (κ2) is 5.29. The summed E-state index contributed by atoms with van der Waals surface area (Å²) in [5, 5.41) is 3.16. The first-order valence-electron chi connectivity index (χ1n) is 5.44. The van der Waals surface area contributed by atoms with Crippen molar-refractivity contribution in [1.29, 1.82) is 0 Å². The van der Waals surface area contributed by atoms with Crippen molar-refractivity contribution in [3.63, 3.8) is 0 Å². The van der Waals surface area contributed by atoms with Crippen molar-refractivity contribution >= 4 is 0 Å². The summed E-state index contributed by atoms with van der Waals surface area (Å²) in [5.74, 6) is 0. The van der Waals surface area contributed by atoms with Crippen molar-refractivity contribution in [3.05, 3.63) is 34.4 Å². The predicted octanol–water partition coefficient (Wildman–Crippen LogP) is 2.22. The van der Waals surface area contributed by atoms with E-state index in [9.17, 15) is 0 Å². The molecule has 0 atom stereocenters. The number of hydrogen-bond donors (Lipinski definition) is 1. The number of benzene rings is 1. The fourth-order valence-electron chi connectivity index (χ4n) is 2.06. The lowest BCUT2D eigenvalue weighted by molar-refractivity contribution is 0.308. The van der Waals surface area contributed by atoms with Gasteiger partial charge in [-0.15, -0.1) is 0 Å². The minimum atomic E-state index is 0.923. The van der Waals surface area contributed by atoms with E-state index in [0.717, 1.165) is 13.2 Å². The largest absolute Gasteiger partial charge is 0.307 e. The number of aryl methyl sites for hydroxylation is 3. The van der Waals surface area contributed by atoms with Crippen LogP contribution in [0, 0.1) is 20.8 Å². The van der Waals surface area contributed by atoms with E-state index < -0.39 is 0 Å². The zero-order valence-electron chi connectivity index (χ0n) is 10.5. The molecule has 0 unspecified atom stereocenters. The van der Waals surface area contributed by atoms with E-state index in [1.807, 2.05) is 7.05 Å². The van der Waals surface area contributed by atoms with Crippen molar-refractivity contribution in [3.8, 4) is 0 Å². The van der Waals surface area contributed by atoms with Gasteiger partial charge in [-0.25, -0.2) is 0 Å². The van der Waals surface area contributed by atoms with Crippen LogP contribution >= 0.6 is 0 Å². The van der Waals surface area contributed by atoms with Crippen LogP contribution in [0.2, 0.25) is 0 Å². The van der Waals surface area contributed by atoms with Gasteiger partial charge >= 0.3 is 0 Å². The predicted molar refractivity (Wildman–Crippen MR) is 66.0 cm³/mol. The zero-order valence-corrected chi connectivity index (χ0v) is 10.5. The topological polar surface area (TPSA) is 15.3 Å². The highest BCUT2D eigenvalue weighted by Crippen LogP contribution is 2.17. The molecule has 0 heterocycles. The molecule has 2 heteroatoms. The van der Waals surface area contributed by atoms with Gasteiger partial charge in [-0.1, -0.05) is 17.7 Å². The zero-order chi connectivity index (χ0) is 11.4. The van der Waals surface area contributed by atoms with Crippen LogP contribution in [0.1, 0.15) is 22.3 Å². The summed E-state index contributed by atoms with van der Waals surface area (Å²) >= 11 is 0. The van der Waals surface area contributed by atoms with Crippen LogP contribution in [0.5, 0.6) is 0 Å². The van der Waals surface area contributed by atoms with Gasteiger partial charge < -0.3 is 5.32 Å². The van der Waals surface area contributed by atoms with Crippen LogP contribution in [0.25, 0.3) is 0 Å². The Morgan fingerprint density at radius 2 is 1.67 bits per heavy atom. The van der Waals surface area contributed by atoms with Crippen molar-refractivity contribution in [2.75, 3.05) is 20.8 Å². The first-order chi connectivity index (χ1) is 7.04. The average molecular weight is 206 g/mol. The molecule has 0 fully saturated rings. The Hall–Kier alpha value is -0.860. The van der Waals surface area contributed by atoms with Crippen LogP contribution in [0.15, 0.2) is 12.1 Å². The van der Waals surface area contributed by atoms with E-state index in [-0.39, 0.29) is 0 Å². The normalized spacial score (nSPS) is 11.1. The summed E-state index contributed by atoms with van der Waals surface area (Å²) in [6.07, 6.45) is 0. The van der Waals surface area contributed by atoms with Crippen LogP contribution in [-0.4, -0.2) is 25.7 Å². The fourth-order valence-corrected chi connectivity index (χ4v) is 2.06. The molecule has 0 aliphatic heterocycles. The number of hydrogen-bond acceptors (Lipinski definition) is 2. The first kappa shape index (κ1) is 12.2. The minimum absolute atomic E-state index is 0.923. The van der Waals surface area contributed by atoms with Gasteiger partial charge in [0.1, 0.15) is 0 Å². The number of nitrogens with one attached hydrogen (secondary N) is 1. The minimum Gasteiger partial charge on any atom is -0.307 e. The Bertz CT molecular complexity index is 308. The molecule has 1 rings (SSSR count). The smallest absolute Gasteiger partial charge is 0.0478 e. The van der Waals surface area contributed by atoms with Crippen molar-refractivity contribution < 1.29 is 0 Å². The van der Waals surface area contributed by atoms with Gasteiger partial charge in [-0.05, 0) is 51.6 Å². The molecule has 2 nitrogen and oxygen atoms in total. The molecule has 0 spiro atoms. The Morgan fingerprint density at radius 3 is 2.13 bits per heavy atom. The average Bonchev–Trinajstić information content (AvgIpc) is 2.11. The molecule has 1 aromatic rings. The third-order valence-corrected chi connectivity index (χ3v) is 2.70. The quantitative estimate of drug-likeness (QED) is 0.760. The maximum absolute atomic E-state index is 3.16. The maximum atomic E-state index is 3.16. The molecule has 0 saturated carbocycles. The lowest BCUT2D eigenvalue weighted by atomic mass is 9.99. The third kappa shape index (κ3) is 3.33. The van der Waals surface area contributed by atoms with Gasteiger partial charge in [0.2, 0.25) is 0 Å². The van der Waals surface area contributed by atoms with E-state index >= 15 is 0 Å². The van der Waals surface area contributed by atoms with E-state index in [4.69, 9.17) is 0 Å². The molecule has 1 aromatic carbocycles. The molecule has 0 aromatic heterocycles. The lowest BCUT2D eigenvalue weighted by Gasteiger charge is -2.19. The summed E-state index contributed by atoms with van der Waals surface area (Å²) < 4.78 is 0. The molecule has 0 saturated heterocycles. The van der Waals surface area contributed by atoms with E-state index in [1.165, 1.54) is 22.3 Å². The molecule has 1 N–H and O–H groups in total. The molecule has 0 amide bonds. The Balaban J connectivity index is 2.85. The molecule has 84 valence electrons. The van der Waals surface area contributed by atoms with Gasteiger partial charge in [0.25, 0.3) is 0 Å². The second-order valence-electron chi connectivity index (χ2n) is 4.40. The summed E-state index contributed by atoms with van der Waals surface area (Å²) in [6.45, 7) is 8.48. The van der Waals surface area contributed by atoms with Gasteiger partial charge in [-0.3, -0.25) is 4.90 Å². The molecule has 0 aliphatic carbocycles. The molecular weight excluding hydrogens is 184 g/mol. The van der Waals surface area contributed by atoms with Crippen LogP contribution in [0.3, 0.4) is 0 Å². The maximum Gasteiger partial charge on any atom is 0.0478 e. The van der Waals surface area contributed by atoms with Crippen molar-refractivity contribution in [2.45, 2.75) is 27.3 Å². The Kier molecular flexibility index (Phi) is 4.30. The van der Waals surface area contributed by atoms with E-state index in [1.54, 1.807) is 0 Å². The van der Waals surface area contributed by atoms with Crippen LogP contribution in [0.4, 0.5) is 0 Å². The number of rotatable bonds is 4. The number of nitrogens with zero attached hydrogens (tertiary/aromatic N) is 1. The molecule has 0 aliphatic rings. The highest BCUT2D eigenvalue weighted by Gasteiger charge is 2.06. The van der Waals surface area contributed by atoms with Crippen molar-refractivity contribution in [1.82, 2.24) is 10.2 Å². The van der Waals surface area contributed by atoms with E-state index in [2.05, 4.69) is 50.2 Å². The van der Waals surface area contributed by atoms with E-state index in [0.29, 0.717) is 0 Å². The standard InChI is InChI=1S/C13H22N2/c1-10-6-11(2)13(12(3)7-10)8-15(5)9-14-4/h6-7,14H,8-9H2,1-5H3. The van der Waals surface area contributed by atoms with Gasteiger partial charge in [-0.2, -0.15) is 0 Å². The molecular formula is C13H22N2. The highest BCUT2D eigenvalue weighted by atomic mass is 15.2. The fraction of sp³-hybridized carbons (Fsp3) is 0.538. The summed E-state index contributed by atoms with van der Waals surface area (Å²) in [7, 11) is 4.11. The summed E-state index contributed by atoms with van der Waals surface area (Å²) in [4.78, 5) is 2.28. The lowest BCUT2D eigenvalue weighted by Crippen LogP contribution is -2.28. The SMILES string of the molecule is CNCN(C)Cc1c(C)cc(C)cc1C. The van der Waals surface area contributed by atoms with Gasteiger partial charge in [0.15, 0.2) is 0 Å². The van der Waals surface area contributed by atoms with Crippen molar-refractivity contribution in [2.24, 2.45) is 0 Å². The summed E-state index contributed by atoms with van der Waals surface area (Å²) in [6, 6.07) is 4.52. The van der Waals surface area contributed by atoms with Crippen LogP contribution in [-0.2, 0) is 6.54 Å². The summed E-state index contributed by atoms with van der Waals surface area (Å²) in [5.41, 5.74) is 5.61. The van der Waals surface area contributed by atoms with Gasteiger partial charge in [0, 0.05) is 13.2 Å². The Morgan fingerprint density at radius 1 is 1.13 bits per heavy atom. The first-order valence-corrected chi connectivity index (χ1v) is 5.44. The highest BCUT2D eigenvalue weighted by molar-refractivity contribution is 5.37. The Labute approximate surface area is 93.3 Å². The monoisotopic (exact) mass is 206 g/mol. The molecule has 0 radical (unpaired) electrons.